The van der Waals surface area contributed by atoms with Crippen molar-refractivity contribution in [3.05, 3.63) is 0 Å². The second-order valence-electron chi connectivity index (χ2n) is 3.85. The first-order valence-corrected chi connectivity index (χ1v) is 7.88. The molecular weight excluding hydrogens is 316 g/mol. The van der Waals surface area contributed by atoms with E-state index in [1.807, 2.05) is 0 Å². The van der Waals surface area contributed by atoms with Gasteiger partial charge in [-0.25, -0.2) is 0 Å². The highest BCUT2D eigenvalue weighted by Crippen LogP contribution is 1.93. The number of carbonyl (C=O) groups is 1. The van der Waals surface area contributed by atoms with Crippen LogP contribution in [0.3, 0.4) is 0 Å². The highest BCUT2D eigenvalue weighted by Gasteiger charge is 2.01. The van der Waals surface area contributed by atoms with Crippen molar-refractivity contribution in [1.29, 1.82) is 0 Å². The molecule has 0 aliphatic heterocycles. The molecule has 0 aromatic carbocycles. The van der Waals surface area contributed by atoms with Crippen LogP contribution in [-0.2, 0) is 23.7 Å². The van der Waals surface area contributed by atoms with Crippen molar-refractivity contribution < 1.29 is 23.7 Å². The fourth-order valence-corrected chi connectivity index (χ4v) is 1.38. The third-order valence-corrected chi connectivity index (χ3v) is 2.50. The van der Waals surface area contributed by atoms with Crippen LogP contribution in [0.25, 0.3) is 0 Å². The van der Waals surface area contributed by atoms with Crippen LogP contribution in [0.2, 0.25) is 0 Å². The molecule has 0 spiro atoms. The lowest BCUT2D eigenvalue weighted by atomic mass is 10.4. The zero-order valence-corrected chi connectivity index (χ0v) is 13.3. The van der Waals surface area contributed by atoms with Gasteiger partial charge in [-0.05, 0) is 6.42 Å². The van der Waals surface area contributed by atoms with Crippen LogP contribution in [-0.4, -0.2) is 57.5 Å². The molecule has 0 radical (unpaired) electrons. The van der Waals surface area contributed by atoms with Gasteiger partial charge in [-0.1, -0.05) is 29.3 Å². The second kappa shape index (κ2) is 15.9. The summed E-state index contributed by atoms with van der Waals surface area (Å²) >= 11 is 3.27. The van der Waals surface area contributed by atoms with Gasteiger partial charge >= 0.3 is 5.97 Å². The molecule has 19 heavy (non-hydrogen) atoms. The van der Waals surface area contributed by atoms with Crippen molar-refractivity contribution >= 4 is 21.9 Å². The van der Waals surface area contributed by atoms with Gasteiger partial charge in [-0.15, -0.1) is 0 Å². The van der Waals surface area contributed by atoms with Crippen molar-refractivity contribution in [3.8, 4) is 0 Å². The number of hydrogen-bond donors (Lipinski definition) is 0. The Morgan fingerprint density at radius 1 is 0.895 bits per heavy atom. The Morgan fingerprint density at radius 3 is 2.05 bits per heavy atom. The van der Waals surface area contributed by atoms with Gasteiger partial charge in [0, 0.05) is 5.33 Å². The number of ether oxygens (including phenoxy) is 4. The predicted octanol–water partition coefficient (Wildman–Crippen LogP) is 2.16. The summed E-state index contributed by atoms with van der Waals surface area (Å²) in [6, 6.07) is 0. The van der Waals surface area contributed by atoms with E-state index in [-0.39, 0.29) is 5.97 Å². The normalized spacial score (nSPS) is 10.6. The summed E-state index contributed by atoms with van der Waals surface area (Å²) in [5, 5.41) is 0.838. The zero-order chi connectivity index (χ0) is 14.2. The van der Waals surface area contributed by atoms with Crippen molar-refractivity contribution in [2.24, 2.45) is 0 Å². The van der Waals surface area contributed by atoms with Crippen LogP contribution >= 0.6 is 15.9 Å². The minimum absolute atomic E-state index is 0.197. The van der Waals surface area contributed by atoms with E-state index in [1.54, 1.807) is 0 Å². The van der Waals surface area contributed by atoms with E-state index < -0.39 is 0 Å². The van der Waals surface area contributed by atoms with Crippen LogP contribution < -0.4 is 0 Å². The molecule has 0 saturated heterocycles. The Bertz CT molecular complexity index is 201. The first-order valence-electron chi connectivity index (χ1n) is 6.76. The van der Waals surface area contributed by atoms with Gasteiger partial charge in [0.25, 0.3) is 0 Å². The number of halogens is 1. The van der Waals surface area contributed by atoms with Gasteiger partial charge in [-0.2, -0.15) is 0 Å². The Balaban J connectivity index is 3.07. The fourth-order valence-electron chi connectivity index (χ4n) is 1.15. The molecule has 0 atom stereocenters. The van der Waals surface area contributed by atoms with E-state index >= 15 is 0 Å². The van der Waals surface area contributed by atoms with Crippen LogP contribution in [0.1, 0.15) is 26.2 Å². The van der Waals surface area contributed by atoms with Gasteiger partial charge in [-0.3, -0.25) is 4.79 Å². The van der Waals surface area contributed by atoms with E-state index in [2.05, 4.69) is 22.9 Å². The average molecular weight is 341 g/mol. The van der Waals surface area contributed by atoms with Gasteiger partial charge in [0.05, 0.1) is 52.7 Å². The first-order chi connectivity index (χ1) is 9.31. The maximum absolute atomic E-state index is 11.2. The molecule has 0 aromatic heterocycles. The molecule has 0 bridgehead atoms. The number of alkyl halides is 1. The van der Waals surface area contributed by atoms with Gasteiger partial charge in [0.15, 0.2) is 0 Å². The van der Waals surface area contributed by atoms with Gasteiger partial charge in [0.2, 0.25) is 0 Å². The quantitative estimate of drug-likeness (QED) is 0.275. The first kappa shape index (κ1) is 18.8. The fraction of sp³-hybridized carbons (Fsp3) is 0.923. The van der Waals surface area contributed by atoms with Crippen molar-refractivity contribution in [3.63, 3.8) is 0 Å². The predicted molar refractivity (Wildman–Crippen MR) is 76.7 cm³/mol. The topological polar surface area (TPSA) is 54.0 Å². The Hall–Kier alpha value is -0.170. The molecule has 5 nitrogen and oxygen atoms in total. The summed E-state index contributed by atoms with van der Waals surface area (Å²) in [5.74, 6) is -0.197. The molecule has 0 amide bonds. The maximum Gasteiger partial charge on any atom is 0.308 e. The van der Waals surface area contributed by atoms with E-state index in [1.165, 1.54) is 0 Å². The monoisotopic (exact) mass is 340 g/mol. The third-order valence-electron chi connectivity index (χ3n) is 2.18. The number of unbranched alkanes of at least 4 members (excludes halogenated alkanes) is 1. The van der Waals surface area contributed by atoms with E-state index in [0.717, 1.165) is 18.2 Å². The summed E-state index contributed by atoms with van der Waals surface area (Å²) in [6.45, 7) is 5.80. The van der Waals surface area contributed by atoms with E-state index in [4.69, 9.17) is 18.9 Å². The summed E-state index contributed by atoms with van der Waals surface area (Å²) in [5.41, 5.74) is 0. The lowest BCUT2D eigenvalue weighted by Gasteiger charge is -2.06. The number of carbonyl (C=O) groups excluding carboxylic acids is 1. The van der Waals surface area contributed by atoms with Crippen molar-refractivity contribution in [2.45, 2.75) is 26.2 Å². The number of hydrogen-bond acceptors (Lipinski definition) is 5. The van der Waals surface area contributed by atoms with Crippen molar-refractivity contribution in [1.82, 2.24) is 0 Å². The molecule has 0 aliphatic carbocycles. The van der Waals surface area contributed by atoms with Crippen molar-refractivity contribution in [2.75, 3.05) is 51.6 Å². The van der Waals surface area contributed by atoms with E-state index in [0.29, 0.717) is 52.7 Å². The smallest absolute Gasteiger partial charge is 0.308 e. The minimum Gasteiger partial charge on any atom is -0.466 e. The van der Waals surface area contributed by atoms with E-state index in [9.17, 15) is 4.79 Å². The molecule has 0 N–H and O–H groups in total. The van der Waals surface area contributed by atoms with Crippen LogP contribution in [0.15, 0.2) is 0 Å². The molecule has 0 aliphatic rings. The summed E-state index contributed by atoms with van der Waals surface area (Å²) in [6.07, 6.45) is 2.25. The van der Waals surface area contributed by atoms with Crippen LogP contribution in [0, 0.1) is 0 Å². The van der Waals surface area contributed by atoms with Crippen LogP contribution in [0.4, 0.5) is 0 Å². The molecule has 6 heteroatoms. The Labute approximate surface area is 124 Å². The molecular formula is C13H25BrO5. The Kier molecular flexibility index (Phi) is 15.7. The zero-order valence-electron chi connectivity index (χ0n) is 11.7. The SMILES string of the molecule is CCCCOC(=O)CCOCCOCCOCCBr. The van der Waals surface area contributed by atoms with Gasteiger partial charge in [0.1, 0.15) is 0 Å². The van der Waals surface area contributed by atoms with Crippen LogP contribution in [0.5, 0.6) is 0 Å². The lowest BCUT2D eigenvalue weighted by Crippen LogP contribution is -2.13. The minimum atomic E-state index is -0.197. The average Bonchev–Trinajstić information content (AvgIpc) is 2.41. The molecule has 114 valence electrons. The number of esters is 1. The molecule has 0 rings (SSSR count). The summed E-state index contributed by atoms with van der Waals surface area (Å²) in [4.78, 5) is 11.2. The Morgan fingerprint density at radius 2 is 1.47 bits per heavy atom. The third kappa shape index (κ3) is 15.8. The second-order valence-corrected chi connectivity index (χ2v) is 4.64. The highest BCUT2D eigenvalue weighted by atomic mass is 79.9. The number of rotatable bonds is 14. The maximum atomic E-state index is 11.2. The lowest BCUT2D eigenvalue weighted by molar-refractivity contribution is -0.145. The molecule has 0 unspecified atom stereocenters. The standard InChI is InChI=1S/C13H25BrO5/c1-2-3-6-19-13(15)4-7-16-9-11-18-12-10-17-8-5-14/h2-12H2,1H3. The van der Waals surface area contributed by atoms with Gasteiger partial charge < -0.3 is 18.9 Å². The molecule has 0 saturated carbocycles. The highest BCUT2D eigenvalue weighted by molar-refractivity contribution is 9.09. The molecule has 0 aromatic rings. The molecule has 0 fully saturated rings. The largest absolute Gasteiger partial charge is 0.466 e. The summed E-state index contributed by atoms with van der Waals surface area (Å²) in [7, 11) is 0. The summed E-state index contributed by atoms with van der Waals surface area (Å²) < 4.78 is 20.8. The molecule has 0 heterocycles.